The van der Waals surface area contributed by atoms with E-state index in [2.05, 4.69) is 10.1 Å². The summed E-state index contributed by atoms with van der Waals surface area (Å²) in [4.78, 5) is 17.3. The lowest BCUT2D eigenvalue weighted by Gasteiger charge is -2.03. The molecule has 2 aromatic carbocycles. The minimum absolute atomic E-state index is 0.137. The number of rotatable bonds is 2. The summed E-state index contributed by atoms with van der Waals surface area (Å²) < 4.78 is 12.3. The molecule has 1 aliphatic rings. The maximum atomic E-state index is 13.0. The van der Waals surface area contributed by atoms with Crippen molar-refractivity contribution in [2.24, 2.45) is 0 Å². The normalized spacial score (nSPS) is 12.6. The SMILES string of the molecule is O=c1c2c(-c3ccc4c(c3)OCO4)ccnc2[nH]n1-c1ccccc1. The Morgan fingerprint density at radius 2 is 1.84 bits per heavy atom. The molecule has 6 heteroatoms. The van der Waals surface area contributed by atoms with Crippen molar-refractivity contribution in [3.8, 4) is 28.3 Å². The highest BCUT2D eigenvalue weighted by molar-refractivity contribution is 5.92. The molecule has 0 spiro atoms. The Hall–Kier alpha value is -3.54. The number of pyridine rings is 1. The van der Waals surface area contributed by atoms with Crippen molar-refractivity contribution in [3.63, 3.8) is 0 Å². The van der Waals surface area contributed by atoms with E-state index in [1.165, 1.54) is 4.68 Å². The molecule has 0 unspecified atom stereocenters. The highest BCUT2D eigenvalue weighted by Crippen LogP contribution is 2.37. The van der Waals surface area contributed by atoms with Crippen molar-refractivity contribution < 1.29 is 9.47 Å². The number of nitrogens with zero attached hydrogens (tertiary/aromatic N) is 2. The summed E-state index contributed by atoms with van der Waals surface area (Å²) in [6.07, 6.45) is 1.69. The van der Waals surface area contributed by atoms with Gasteiger partial charge in [0.1, 0.15) is 0 Å². The van der Waals surface area contributed by atoms with Crippen LogP contribution in [-0.4, -0.2) is 21.6 Å². The lowest BCUT2D eigenvalue weighted by atomic mass is 10.0. The fraction of sp³-hybridized carbons (Fsp3) is 0.0526. The van der Waals surface area contributed by atoms with Gasteiger partial charge in [0.2, 0.25) is 6.79 Å². The summed E-state index contributed by atoms with van der Waals surface area (Å²) in [6.45, 7) is 0.218. The van der Waals surface area contributed by atoms with Gasteiger partial charge in [-0.25, -0.2) is 9.67 Å². The van der Waals surface area contributed by atoms with E-state index < -0.39 is 0 Å². The summed E-state index contributed by atoms with van der Waals surface area (Å²) >= 11 is 0. The molecule has 0 atom stereocenters. The van der Waals surface area contributed by atoms with Crippen molar-refractivity contribution in [2.75, 3.05) is 6.79 Å². The third kappa shape index (κ3) is 2.11. The van der Waals surface area contributed by atoms with Crippen LogP contribution < -0.4 is 15.0 Å². The zero-order valence-corrected chi connectivity index (χ0v) is 13.1. The largest absolute Gasteiger partial charge is 0.454 e. The molecule has 122 valence electrons. The lowest BCUT2D eigenvalue weighted by molar-refractivity contribution is 0.174. The Balaban J connectivity index is 1.75. The van der Waals surface area contributed by atoms with Gasteiger partial charge in [0.05, 0.1) is 11.1 Å². The van der Waals surface area contributed by atoms with Crippen LogP contribution >= 0.6 is 0 Å². The number of aromatic amines is 1. The highest BCUT2D eigenvalue weighted by atomic mass is 16.7. The standard InChI is InChI=1S/C19H13N3O3/c23-19-17-14(12-6-7-15-16(10-12)25-11-24-15)8-9-20-18(17)21-22(19)13-4-2-1-3-5-13/h1-10H,11H2,(H,20,21). The third-order valence-electron chi connectivity index (χ3n) is 4.28. The molecule has 0 aliphatic carbocycles. The molecule has 0 amide bonds. The van der Waals surface area contributed by atoms with Gasteiger partial charge in [-0.3, -0.25) is 9.89 Å². The van der Waals surface area contributed by atoms with Crippen LogP contribution in [0.3, 0.4) is 0 Å². The predicted octanol–water partition coefficient (Wildman–Crippen LogP) is 3.11. The van der Waals surface area contributed by atoms with E-state index in [1.54, 1.807) is 6.20 Å². The van der Waals surface area contributed by atoms with Gasteiger partial charge < -0.3 is 9.47 Å². The van der Waals surface area contributed by atoms with Gasteiger partial charge in [-0.1, -0.05) is 24.3 Å². The monoisotopic (exact) mass is 331 g/mol. The van der Waals surface area contributed by atoms with Gasteiger partial charge in [0.15, 0.2) is 17.1 Å². The molecule has 1 N–H and O–H groups in total. The van der Waals surface area contributed by atoms with Crippen LogP contribution in [0.5, 0.6) is 11.5 Å². The molecular weight excluding hydrogens is 318 g/mol. The number of para-hydroxylation sites is 1. The smallest absolute Gasteiger partial charge is 0.281 e. The first-order valence-electron chi connectivity index (χ1n) is 7.86. The molecule has 0 saturated carbocycles. The van der Waals surface area contributed by atoms with E-state index in [4.69, 9.17) is 9.47 Å². The van der Waals surface area contributed by atoms with Gasteiger partial charge >= 0.3 is 0 Å². The fourth-order valence-corrected chi connectivity index (χ4v) is 3.10. The Kier molecular flexibility index (Phi) is 2.90. The van der Waals surface area contributed by atoms with Crippen molar-refractivity contribution in [3.05, 3.63) is 71.1 Å². The van der Waals surface area contributed by atoms with Gasteiger partial charge in [0.25, 0.3) is 5.56 Å². The van der Waals surface area contributed by atoms with Crippen molar-refractivity contribution in [1.82, 2.24) is 14.8 Å². The highest BCUT2D eigenvalue weighted by Gasteiger charge is 2.18. The topological polar surface area (TPSA) is 69.1 Å². The van der Waals surface area contributed by atoms with Crippen LogP contribution in [0.15, 0.2) is 65.6 Å². The summed E-state index contributed by atoms with van der Waals surface area (Å²) in [6, 6.07) is 16.9. The Morgan fingerprint density at radius 1 is 1.00 bits per heavy atom. The van der Waals surface area contributed by atoms with E-state index in [0.29, 0.717) is 22.5 Å². The van der Waals surface area contributed by atoms with Crippen LogP contribution in [0.4, 0.5) is 0 Å². The fourth-order valence-electron chi connectivity index (χ4n) is 3.10. The lowest BCUT2D eigenvalue weighted by Crippen LogP contribution is -2.14. The third-order valence-corrected chi connectivity index (χ3v) is 4.28. The number of hydrogen-bond acceptors (Lipinski definition) is 4. The number of nitrogens with one attached hydrogen (secondary N) is 1. The summed E-state index contributed by atoms with van der Waals surface area (Å²) in [5.74, 6) is 1.39. The maximum Gasteiger partial charge on any atom is 0.281 e. The molecule has 0 bridgehead atoms. The Labute approximate surface area is 142 Å². The number of fused-ring (bicyclic) bond motifs is 2. The second-order valence-corrected chi connectivity index (χ2v) is 5.74. The first kappa shape index (κ1) is 13.9. The number of benzene rings is 2. The zero-order chi connectivity index (χ0) is 16.8. The molecule has 2 aromatic heterocycles. The summed E-state index contributed by atoms with van der Waals surface area (Å²) in [7, 11) is 0. The molecular formula is C19H13N3O3. The van der Waals surface area contributed by atoms with Crippen molar-refractivity contribution in [1.29, 1.82) is 0 Å². The molecule has 0 radical (unpaired) electrons. The molecule has 6 nitrogen and oxygen atoms in total. The van der Waals surface area contributed by atoms with Crippen molar-refractivity contribution in [2.45, 2.75) is 0 Å². The van der Waals surface area contributed by atoms with E-state index in [-0.39, 0.29) is 12.4 Å². The number of ether oxygens (including phenoxy) is 2. The van der Waals surface area contributed by atoms with Gasteiger partial charge in [-0.05, 0) is 41.5 Å². The molecule has 4 aromatic rings. The second kappa shape index (κ2) is 5.24. The van der Waals surface area contributed by atoms with Crippen LogP contribution in [0.2, 0.25) is 0 Å². The van der Waals surface area contributed by atoms with Gasteiger partial charge in [0, 0.05) is 6.20 Å². The first-order chi connectivity index (χ1) is 12.3. The number of hydrogen-bond donors (Lipinski definition) is 1. The zero-order valence-electron chi connectivity index (χ0n) is 13.1. The summed E-state index contributed by atoms with van der Waals surface area (Å²) in [5, 5.41) is 3.63. The predicted molar refractivity (Wildman–Crippen MR) is 93.2 cm³/mol. The molecule has 25 heavy (non-hydrogen) atoms. The average Bonchev–Trinajstić information content (AvgIpc) is 3.26. The van der Waals surface area contributed by atoms with E-state index in [0.717, 1.165) is 16.8 Å². The molecule has 0 saturated heterocycles. The second-order valence-electron chi connectivity index (χ2n) is 5.74. The van der Waals surface area contributed by atoms with Crippen LogP contribution in [0, 0.1) is 0 Å². The first-order valence-corrected chi connectivity index (χ1v) is 7.86. The van der Waals surface area contributed by atoms with Gasteiger partial charge in [-0.2, -0.15) is 0 Å². The molecule has 5 rings (SSSR count). The van der Waals surface area contributed by atoms with Crippen molar-refractivity contribution >= 4 is 11.0 Å². The Bertz CT molecular complexity index is 1150. The van der Waals surface area contributed by atoms with Crippen LogP contribution in [0.25, 0.3) is 27.8 Å². The number of aromatic nitrogens is 3. The molecule has 0 fully saturated rings. The van der Waals surface area contributed by atoms with E-state index in [1.807, 2.05) is 54.6 Å². The van der Waals surface area contributed by atoms with Crippen LogP contribution in [0.1, 0.15) is 0 Å². The maximum absolute atomic E-state index is 13.0. The minimum Gasteiger partial charge on any atom is -0.454 e. The number of H-pyrrole nitrogens is 1. The molecule has 1 aliphatic heterocycles. The van der Waals surface area contributed by atoms with E-state index >= 15 is 0 Å². The quantitative estimate of drug-likeness (QED) is 0.613. The summed E-state index contributed by atoms with van der Waals surface area (Å²) in [5.41, 5.74) is 2.86. The minimum atomic E-state index is -0.137. The molecule has 3 heterocycles. The Morgan fingerprint density at radius 3 is 2.72 bits per heavy atom. The average molecular weight is 331 g/mol. The van der Waals surface area contributed by atoms with Crippen LogP contribution in [-0.2, 0) is 0 Å². The van der Waals surface area contributed by atoms with E-state index in [9.17, 15) is 4.79 Å². The van der Waals surface area contributed by atoms with Gasteiger partial charge in [-0.15, -0.1) is 0 Å².